The second-order valence-electron chi connectivity index (χ2n) is 12.3. The van der Waals surface area contributed by atoms with Gasteiger partial charge in [0.1, 0.15) is 29.8 Å². The predicted molar refractivity (Wildman–Crippen MR) is 178 cm³/mol. The van der Waals surface area contributed by atoms with Gasteiger partial charge in [-0.25, -0.2) is 4.79 Å². The van der Waals surface area contributed by atoms with Crippen LogP contribution in [0.2, 0.25) is 5.02 Å². The molecule has 1 aromatic heterocycles. The number of urea groups is 1. The number of aliphatic hydroxyl groups excluding tert-OH is 5. The Bertz CT molecular complexity index is 1500. The zero-order valence-corrected chi connectivity index (χ0v) is 27.4. The third kappa shape index (κ3) is 9.56. The second-order valence-corrected chi connectivity index (χ2v) is 12.7. The van der Waals surface area contributed by atoms with Crippen molar-refractivity contribution in [2.24, 2.45) is 0 Å². The van der Waals surface area contributed by atoms with Crippen molar-refractivity contribution < 1.29 is 44.5 Å². The van der Waals surface area contributed by atoms with E-state index in [1.54, 1.807) is 18.3 Å². The number of aromatic nitrogens is 1. The van der Waals surface area contributed by atoms with Crippen LogP contribution in [0.25, 0.3) is 11.1 Å². The number of rotatable bonds is 19. The first-order valence-corrected chi connectivity index (χ1v) is 16.7. The SMILES string of the molecule is O=C(NCCCCOc1ccc(Cl)c(COC2(c3cnccc3-c3ccccc3OC3CC3)CC2)c1)NCC(O)C(O)C(O)C(O)CO. The molecule has 0 bridgehead atoms. The van der Waals surface area contributed by atoms with Crippen molar-refractivity contribution in [2.75, 3.05) is 26.3 Å². The monoisotopic (exact) mass is 685 g/mol. The fourth-order valence-electron chi connectivity index (χ4n) is 5.28. The minimum atomic E-state index is -1.75. The molecule has 4 unspecified atom stereocenters. The molecule has 2 fully saturated rings. The summed E-state index contributed by atoms with van der Waals surface area (Å²) in [6.45, 7) is -0.0862. The van der Waals surface area contributed by atoms with Crippen molar-refractivity contribution in [3.05, 3.63) is 77.1 Å². The molecule has 2 aliphatic rings. The lowest BCUT2D eigenvalue weighted by atomic mass is 9.96. The van der Waals surface area contributed by atoms with Gasteiger partial charge in [-0.2, -0.15) is 0 Å². The first kappa shape index (κ1) is 35.8. The van der Waals surface area contributed by atoms with Crippen LogP contribution in [0.15, 0.2) is 60.9 Å². The molecular weight excluding hydrogens is 642 g/mol. The second kappa shape index (κ2) is 16.8. The maximum Gasteiger partial charge on any atom is 0.314 e. The van der Waals surface area contributed by atoms with E-state index >= 15 is 0 Å². The highest BCUT2D eigenvalue weighted by molar-refractivity contribution is 6.31. The number of carbonyl (C=O) groups is 1. The van der Waals surface area contributed by atoms with Gasteiger partial charge in [0, 0.05) is 47.2 Å². The van der Waals surface area contributed by atoms with E-state index in [1.165, 1.54) is 0 Å². The minimum Gasteiger partial charge on any atom is -0.494 e. The number of amides is 2. The molecule has 1 heterocycles. The number of benzene rings is 2. The van der Waals surface area contributed by atoms with Crippen LogP contribution in [0, 0.1) is 0 Å². The number of unbranched alkanes of at least 4 members (excludes halogenated alkanes) is 1. The summed E-state index contributed by atoms with van der Waals surface area (Å²) < 4.78 is 18.7. The minimum absolute atomic E-state index is 0.286. The van der Waals surface area contributed by atoms with Gasteiger partial charge < -0.3 is 50.4 Å². The van der Waals surface area contributed by atoms with E-state index in [0.29, 0.717) is 43.4 Å². The van der Waals surface area contributed by atoms with Crippen LogP contribution in [0.5, 0.6) is 11.5 Å². The van der Waals surface area contributed by atoms with Gasteiger partial charge in [-0.1, -0.05) is 29.8 Å². The van der Waals surface area contributed by atoms with Crippen molar-refractivity contribution in [3.8, 4) is 22.6 Å². The summed E-state index contributed by atoms with van der Waals surface area (Å²) >= 11 is 6.55. The summed E-state index contributed by atoms with van der Waals surface area (Å²) in [6, 6.07) is 15.0. The summed E-state index contributed by atoms with van der Waals surface area (Å²) in [7, 11) is 0. The van der Waals surface area contributed by atoms with Gasteiger partial charge >= 0.3 is 6.03 Å². The number of hydrogen-bond acceptors (Lipinski definition) is 10. The molecule has 2 aliphatic carbocycles. The molecular formula is C35H44ClN3O9. The van der Waals surface area contributed by atoms with E-state index in [0.717, 1.165) is 53.7 Å². The van der Waals surface area contributed by atoms with E-state index in [2.05, 4.69) is 21.7 Å². The smallest absolute Gasteiger partial charge is 0.314 e. The lowest BCUT2D eigenvalue weighted by molar-refractivity contribution is -0.113. The summed E-state index contributed by atoms with van der Waals surface area (Å²) in [6.07, 6.45) is 2.51. The van der Waals surface area contributed by atoms with E-state index in [-0.39, 0.29) is 12.6 Å². The normalized spacial score (nSPS) is 17.5. The molecule has 13 heteroatoms. The number of ether oxygens (including phenoxy) is 3. The number of pyridine rings is 1. The van der Waals surface area contributed by atoms with Crippen LogP contribution >= 0.6 is 11.6 Å². The zero-order chi connectivity index (χ0) is 34.1. The largest absolute Gasteiger partial charge is 0.494 e. The Balaban J connectivity index is 1.06. The lowest BCUT2D eigenvalue weighted by Gasteiger charge is -2.25. The third-order valence-corrected chi connectivity index (χ3v) is 8.82. The molecule has 12 nitrogen and oxygen atoms in total. The van der Waals surface area contributed by atoms with Crippen LogP contribution in [0.1, 0.15) is 49.7 Å². The van der Waals surface area contributed by atoms with Gasteiger partial charge in [-0.15, -0.1) is 0 Å². The fourth-order valence-corrected chi connectivity index (χ4v) is 5.46. The Morgan fingerprint density at radius 3 is 2.50 bits per heavy atom. The van der Waals surface area contributed by atoms with Crippen LogP contribution in [-0.4, -0.2) is 93.4 Å². The zero-order valence-electron chi connectivity index (χ0n) is 26.6. The molecule has 4 atom stereocenters. The maximum absolute atomic E-state index is 12.0. The molecule has 0 radical (unpaired) electrons. The highest BCUT2D eigenvalue weighted by Gasteiger charge is 2.48. The Morgan fingerprint density at radius 1 is 0.979 bits per heavy atom. The highest BCUT2D eigenvalue weighted by Crippen LogP contribution is 2.53. The van der Waals surface area contributed by atoms with E-state index < -0.39 is 42.7 Å². The molecule has 260 valence electrons. The average Bonchev–Trinajstić information content (AvgIpc) is 4.05. The molecule has 3 aromatic rings. The number of nitrogens with one attached hydrogen (secondary N) is 2. The van der Waals surface area contributed by atoms with E-state index in [1.807, 2.05) is 36.5 Å². The summed E-state index contributed by atoms with van der Waals surface area (Å²) in [5.74, 6) is 1.53. The van der Waals surface area contributed by atoms with Crippen LogP contribution in [-0.2, 0) is 16.9 Å². The summed E-state index contributed by atoms with van der Waals surface area (Å²) in [5, 5.41) is 53.2. The maximum atomic E-state index is 12.0. The van der Waals surface area contributed by atoms with E-state index in [4.69, 9.17) is 30.9 Å². The first-order valence-electron chi connectivity index (χ1n) is 16.3. The molecule has 2 saturated carbocycles. The number of carbonyl (C=O) groups excluding carboxylic acids is 1. The first-order chi connectivity index (χ1) is 23.2. The fraction of sp³-hybridized carbons (Fsp3) is 0.486. The van der Waals surface area contributed by atoms with Crippen molar-refractivity contribution in [3.63, 3.8) is 0 Å². The molecule has 5 rings (SSSR count). The number of aliphatic hydroxyl groups is 5. The lowest BCUT2D eigenvalue weighted by Crippen LogP contribution is -2.50. The quantitative estimate of drug-likeness (QED) is 0.0927. The Morgan fingerprint density at radius 2 is 1.75 bits per heavy atom. The molecule has 0 aliphatic heterocycles. The molecule has 2 aromatic carbocycles. The Kier molecular flexibility index (Phi) is 12.5. The van der Waals surface area contributed by atoms with Crippen molar-refractivity contribution in [1.82, 2.24) is 15.6 Å². The van der Waals surface area contributed by atoms with Gasteiger partial charge in [0.15, 0.2) is 0 Å². The van der Waals surface area contributed by atoms with Crippen LogP contribution in [0.3, 0.4) is 0 Å². The predicted octanol–water partition coefficient (Wildman–Crippen LogP) is 3.04. The molecule has 0 spiro atoms. The topological polar surface area (TPSA) is 183 Å². The standard InChI is InChI=1S/C35H44ClN3O9/c36-28-10-9-24(46-16-4-3-14-38-34(45)39-19-29(41)32(43)33(44)30(42)20-40)17-22(28)21-47-35(12-13-35)27-18-37-15-11-25(27)26-5-1-2-6-31(26)48-23-7-8-23/h1-2,5-6,9-11,15,17-18,23,29-30,32-33,40-44H,3-4,7-8,12-14,16,19-21H2,(H2,38,39,45). The average molecular weight is 686 g/mol. The third-order valence-electron chi connectivity index (χ3n) is 8.46. The number of para-hydroxylation sites is 1. The van der Waals surface area contributed by atoms with Gasteiger partial charge in [0.25, 0.3) is 0 Å². The van der Waals surface area contributed by atoms with Crippen molar-refractivity contribution >= 4 is 17.6 Å². The molecule has 48 heavy (non-hydrogen) atoms. The molecule has 7 N–H and O–H groups in total. The van der Waals surface area contributed by atoms with Crippen LogP contribution in [0.4, 0.5) is 4.79 Å². The van der Waals surface area contributed by atoms with Crippen molar-refractivity contribution in [1.29, 1.82) is 0 Å². The van der Waals surface area contributed by atoms with Gasteiger partial charge in [0.05, 0.1) is 37.6 Å². The van der Waals surface area contributed by atoms with Gasteiger partial charge in [-0.05, 0) is 74.4 Å². The van der Waals surface area contributed by atoms with Gasteiger partial charge in [0.2, 0.25) is 0 Å². The van der Waals surface area contributed by atoms with E-state index in [9.17, 15) is 25.2 Å². The van der Waals surface area contributed by atoms with Crippen molar-refractivity contribution in [2.45, 2.75) is 81.3 Å². The van der Waals surface area contributed by atoms with Gasteiger partial charge in [-0.3, -0.25) is 4.98 Å². The number of halogens is 1. The Hall–Kier alpha value is -3.49. The summed E-state index contributed by atoms with van der Waals surface area (Å²) in [4.78, 5) is 16.4. The van der Waals surface area contributed by atoms with Crippen LogP contribution < -0.4 is 20.1 Å². The number of nitrogens with zero attached hydrogens (tertiary/aromatic N) is 1. The Labute approximate surface area is 284 Å². The number of hydrogen-bond donors (Lipinski definition) is 7. The molecule has 0 saturated heterocycles. The summed E-state index contributed by atoms with van der Waals surface area (Å²) in [5.41, 5.74) is 3.48. The highest BCUT2D eigenvalue weighted by atomic mass is 35.5. The molecule has 2 amide bonds.